The minimum Gasteiger partial charge on any atom is -0.481 e. The van der Waals surface area contributed by atoms with E-state index in [4.69, 9.17) is 10.2 Å². The van der Waals surface area contributed by atoms with Crippen molar-refractivity contribution in [3.8, 4) is 0 Å². The second-order valence-electron chi connectivity index (χ2n) is 2.79. The second-order valence-corrected chi connectivity index (χ2v) is 2.79. The van der Waals surface area contributed by atoms with Crippen LogP contribution in [0.1, 0.15) is 26.7 Å². The Balaban J connectivity index is 3.43. The first kappa shape index (κ1) is 9.43. The molecule has 10 heavy (non-hydrogen) atoms. The minimum atomic E-state index is -0.798. The first-order valence-corrected chi connectivity index (χ1v) is 3.42. The van der Waals surface area contributed by atoms with Crippen molar-refractivity contribution in [2.24, 2.45) is 5.92 Å². The molecular formula is C7H14O3. The van der Waals surface area contributed by atoms with Gasteiger partial charge in [-0.05, 0) is 19.3 Å². The first-order valence-electron chi connectivity index (χ1n) is 3.42. The molecule has 0 saturated heterocycles. The number of aliphatic carboxylic acids is 1. The summed E-state index contributed by atoms with van der Waals surface area (Å²) in [5.74, 6) is -0.731. The smallest absolute Gasteiger partial charge is 0.303 e. The summed E-state index contributed by atoms with van der Waals surface area (Å²) in [6.07, 6.45) is 0.311. The molecule has 0 aromatic carbocycles. The Hall–Kier alpha value is -0.570. The molecule has 0 bridgehead atoms. The largest absolute Gasteiger partial charge is 0.481 e. The molecule has 2 unspecified atom stereocenters. The van der Waals surface area contributed by atoms with E-state index in [1.54, 1.807) is 6.92 Å². The first-order chi connectivity index (χ1) is 4.52. The van der Waals surface area contributed by atoms with Gasteiger partial charge in [-0.1, -0.05) is 6.92 Å². The third-order valence-electron chi connectivity index (χ3n) is 1.27. The number of hydrogen-bond acceptors (Lipinski definition) is 2. The van der Waals surface area contributed by atoms with E-state index in [-0.39, 0.29) is 12.3 Å². The highest BCUT2D eigenvalue weighted by atomic mass is 16.4. The lowest BCUT2D eigenvalue weighted by Crippen LogP contribution is -2.10. The fourth-order valence-electron chi connectivity index (χ4n) is 0.964. The molecule has 0 aliphatic carbocycles. The number of aliphatic hydroxyl groups excluding tert-OH is 1. The molecule has 0 fully saturated rings. The summed E-state index contributed by atoms with van der Waals surface area (Å²) >= 11 is 0. The summed E-state index contributed by atoms with van der Waals surface area (Å²) in [5, 5.41) is 17.2. The van der Waals surface area contributed by atoms with E-state index in [2.05, 4.69) is 0 Å². The Bertz CT molecular complexity index is 109. The predicted octanol–water partition coefficient (Wildman–Crippen LogP) is 0.868. The van der Waals surface area contributed by atoms with Crippen LogP contribution in [0.3, 0.4) is 0 Å². The lowest BCUT2D eigenvalue weighted by Gasteiger charge is -2.09. The molecule has 0 aromatic rings. The quantitative estimate of drug-likeness (QED) is 0.618. The highest BCUT2D eigenvalue weighted by Crippen LogP contribution is 2.09. The van der Waals surface area contributed by atoms with Gasteiger partial charge in [-0.15, -0.1) is 0 Å². The molecule has 3 nitrogen and oxygen atoms in total. The molecule has 0 amide bonds. The van der Waals surface area contributed by atoms with Gasteiger partial charge >= 0.3 is 5.97 Å². The van der Waals surface area contributed by atoms with Gasteiger partial charge in [0.1, 0.15) is 0 Å². The summed E-state index contributed by atoms with van der Waals surface area (Å²) in [6, 6.07) is 0. The zero-order valence-electron chi connectivity index (χ0n) is 6.37. The molecule has 0 radical (unpaired) electrons. The van der Waals surface area contributed by atoms with Crippen LogP contribution in [0.2, 0.25) is 0 Å². The van der Waals surface area contributed by atoms with E-state index < -0.39 is 12.1 Å². The van der Waals surface area contributed by atoms with Crippen LogP contribution in [0.15, 0.2) is 0 Å². The average Bonchev–Trinajstić information content (AvgIpc) is 1.58. The fraction of sp³-hybridized carbons (Fsp3) is 0.857. The minimum absolute atomic E-state index is 0.0671. The molecule has 2 atom stereocenters. The molecule has 0 aromatic heterocycles. The molecule has 0 aliphatic rings. The summed E-state index contributed by atoms with van der Waals surface area (Å²) in [5.41, 5.74) is 0. The van der Waals surface area contributed by atoms with Gasteiger partial charge in [-0.2, -0.15) is 0 Å². The number of carboxylic acid groups (broad SMARTS) is 1. The lowest BCUT2D eigenvalue weighted by molar-refractivity contribution is -0.138. The van der Waals surface area contributed by atoms with Crippen LogP contribution in [-0.2, 0) is 4.79 Å². The highest BCUT2D eigenvalue weighted by Gasteiger charge is 2.09. The second kappa shape index (κ2) is 4.28. The fourth-order valence-corrected chi connectivity index (χ4v) is 0.964. The van der Waals surface area contributed by atoms with Gasteiger partial charge in [0, 0.05) is 6.42 Å². The number of carboxylic acids is 1. The highest BCUT2D eigenvalue weighted by molar-refractivity contribution is 5.66. The van der Waals surface area contributed by atoms with Crippen molar-refractivity contribution in [2.45, 2.75) is 32.8 Å². The Morgan fingerprint density at radius 3 is 2.30 bits per heavy atom. The normalized spacial score (nSPS) is 16.3. The maximum atomic E-state index is 10.1. The van der Waals surface area contributed by atoms with Gasteiger partial charge in [0.05, 0.1) is 6.10 Å². The summed E-state index contributed by atoms with van der Waals surface area (Å²) in [6.45, 7) is 3.49. The molecular weight excluding hydrogens is 132 g/mol. The van der Waals surface area contributed by atoms with Crippen molar-refractivity contribution >= 4 is 5.97 Å². The van der Waals surface area contributed by atoms with Gasteiger partial charge in [-0.25, -0.2) is 0 Å². The standard InChI is InChI=1S/C7H14O3/c1-5(3-6(2)8)4-7(9)10/h5-6,8H,3-4H2,1-2H3,(H,9,10). The molecule has 60 valence electrons. The zero-order chi connectivity index (χ0) is 8.15. The van der Waals surface area contributed by atoms with Crippen molar-refractivity contribution < 1.29 is 15.0 Å². The van der Waals surface area contributed by atoms with Gasteiger partial charge < -0.3 is 10.2 Å². The Kier molecular flexibility index (Phi) is 4.03. The van der Waals surface area contributed by atoms with E-state index >= 15 is 0 Å². The lowest BCUT2D eigenvalue weighted by atomic mass is 10.0. The molecule has 0 spiro atoms. The third-order valence-corrected chi connectivity index (χ3v) is 1.27. The van der Waals surface area contributed by atoms with E-state index in [0.29, 0.717) is 6.42 Å². The molecule has 0 heterocycles. The molecule has 0 aliphatic heterocycles. The van der Waals surface area contributed by atoms with Crippen LogP contribution in [-0.4, -0.2) is 22.3 Å². The van der Waals surface area contributed by atoms with E-state index in [0.717, 1.165) is 0 Å². The average molecular weight is 146 g/mol. The van der Waals surface area contributed by atoms with Crippen LogP contribution < -0.4 is 0 Å². The maximum absolute atomic E-state index is 10.1. The molecule has 2 N–H and O–H groups in total. The Labute approximate surface area is 60.7 Å². The maximum Gasteiger partial charge on any atom is 0.303 e. The summed E-state index contributed by atoms with van der Waals surface area (Å²) in [7, 11) is 0. The molecule has 0 saturated carbocycles. The zero-order valence-corrected chi connectivity index (χ0v) is 6.37. The number of rotatable bonds is 4. The van der Waals surface area contributed by atoms with Crippen molar-refractivity contribution in [1.82, 2.24) is 0 Å². The molecule has 3 heteroatoms. The van der Waals surface area contributed by atoms with Crippen molar-refractivity contribution in [3.05, 3.63) is 0 Å². The topological polar surface area (TPSA) is 57.5 Å². The van der Waals surface area contributed by atoms with E-state index in [1.165, 1.54) is 0 Å². The summed E-state index contributed by atoms with van der Waals surface area (Å²) in [4.78, 5) is 10.1. The van der Waals surface area contributed by atoms with Crippen molar-refractivity contribution in [1.29, 1.82) is 0 Å². The monoisotopic (exact) mass is 146 g/mol. The predicted molar refractivity (Wildman–Crippen MR) is 37.7 cm³/mol. The number of hydrogen-bond donors (Lipinski definition) is 2. The van der Waals surface area contributed by atoms with Gasteiger partial charge in [-0.3, -0.25) is 4.79 Å². The Morgan fingerprint density at radius 1 is 1.50 bits per heavy atom. The van der Waals surface area contributed by atoms with Gasteiger partial charge in [0.2, 0.25) is 0 Å². The Morgan fingerprint density at radius 2 is 2.00 bits per heavy atom. The number of carbonyl (C=O) groups is 1. The van der Waals surface area contributed by atoms with E-state index in [1.807, 2.05) is 6.92 Å². The third kappa shape index (κ3) is 5.56. The van der Waals surface area contributed by atoms with Crippen LogP contribution in [0.5, 0.6) is 0 Å². The van der Waals surface area contributed by atoms with Crippen LogP contribution >= 0.6 is 0 Å². The molecule has 0 rings (SSSR count). The van der Waals surface area contributed by atoms with Gasteiger partial charge in [0.25, 0.3) is 0 Å². The van der Waals surface area contributed by atoms with Gasteiger partial charge in [0.15, 0.2) is 0 Å². The van der Waals surface area contributed by atoms with Crippen molar-refractivity contribution in [2.75, 3.05) is 0 Å². The van der Waals surface area contributed by atoms with Crippen LogP contribution in [0, 0.1) is 5.92 Å². The van der Waals surface area contributed by atoms with Crippen molar-refractivity contribution in [3.63, 3.8) is 0 Å². The van der Waals surface area contributed by atoms with Crippen LogP contribution in [0.4, 0.5) is 0 Å². The number of aliphatic hydroxyl groups is 1. The SMILES string of the molecule is CC(O)CC(C)CC(=O)O. The van der Waals surface area contributed by atoms with E-state index in [9.17, 15) is 4.79 Å². The summed E-state index contributed by atoms with van der Waals surface area (Å²) < 4.78 is 0. The van der Waals surface area contributed by atoms with Crippen LogP contribution in [0.25, 0.3) is 0 Å².